The minimum Gasteiger partial charge on any atom is -0.361 e. The lowest BCUT2D eigenvalue weighted by Crippen LogP contribution is -2.34. The molecule has 1 aliphatic heterocycles. The molecule has 1 N–H and O–H groups in total. The lowest BCUT2D eigenvalue weighted by atomic mass is 10.1. The van der Waals surface area contributed by atoms with Crippen molar-refractivity contribution >= 4 is 29.1 Å². The van der Waals surface area contributed by atoms with Crippen LogP contribution in [0.5, 0.6) is 0 Å². The summed E-state index contributed by atoms with van der Waals surface area (Å²) in [6, 6.07) is 8.88. The van der Waals surface area contributed by atoms with E-state index in [0.717, 1.165) is 17.1 Å². The molecule has 3 rings (SSSR count). The van der Waals surface area contributed by atoms with Gasteiger partial charge in [0.25, 0.3) is 0 Å². The molecule has 1 aliphatic rings. The van der Waals surface area contributed by atoms with Crippen LogP contribution in [-0.2, 0) is 16.0 Å². The van der Waals surface area contributed by atoms with Crippen molar-refractivity contribution in [2.24, 2.45) is 5.92 Å². The summed E-state index contributed by atoms with van der Waals surface area (Å²) in [6.07, 6.45) is 0.796. The highest BCUT2D eigenvalue weighted by molar-refractivity contribution is 6.30. The highest BCUT2D eigenvalue weighted by Crippen LogP contribution is 2.26. The smallest absolute Gasteiger partial charge is 0.227 e. The van der Waals surface area contributed by atoms with Gasteiger partial charge in [0.2, 0.25) is 11.8 Å². The summed E-state index contributed by atoms with van der Waals surface area (Å²) >= 11 is 5.86. The third kappa shape index (κ3) is 3.76. The predicted molar refractivity (Wildman–Crippen MR) is 89.9 cm³/mol. The van der Waals surface area contributed by atoms with E-state index in [9.17, 15) is 9.59 Å². The number of carbonyl (C=O) groups excluding carboxylic acids is 2. The minimum absolute atomic E-state index is 0.0525. The molecule has 6 nitrogen and oxygen atoms in total. The van der Waals surface area contributed by atoms with Crippen molar-refractivity contribution in [1.82, 2.24) is 10.5 Å². The monoisotopic (exact) mass is 347 g/mol. The quantitative estimate of drug-likeness (QED) is 0.900. The lowest BCUT2D eigenvalue weighted by molar-refractivity contribution is -0.126. The topological polar surface area (TPSA) is 75.4 Å². The number of halogens is 1. The number of aryl methyl sites for hydroxylation is 1. The summed E-state index contributed by atoms with van der Waals surface area (Å²) in [5.41, 5.74) is 1.58. The number of amides is 2. The molecule has 7 heteroatoms. The van der Waals surface area contributed by atoms with Gasteiger partial charge in [-0.2, -0.15) is 0 Å². The van der Waals surface area contributed by atoms with Crippen LogP contribution in [0.1, 0.15) is 17.9 Å². The second-order valence-corrected chi connectivity index (χ2v) is 6.29. The van der Waals surface area contributed by atoms with Crippen LogP contribution in [0.3, 0.4) is 0 Å². The van der Waals surface area contributed by atoms with Crippen molar-refractivity contribution < 1.29 is 14.1 Å². The van der Waals surface area contributed by atoms with E-state index in [1.165, 1.54) is 0 Å². The highest BCUT2D eigenvalue weighted by atomic mass is 35.5. The normalized spacial score (nSPS) is 17.3. The number of benzene rings is 1. The minimum atomic E-state index is -0.343. The molecule has 2 heterocycles. The fraction of sp³-hybridized carbons (Fsp3) is 0.353. The summed E-state index contributed by atoms with van der Waals surface area (Å²) < 4.78 is 5.10. The Morgan fingerprint density at radius 1 is 1.42 bits per heavy atom. The van der Waals surface area contributed by atoms with Crippen LogP contribution in [0.15, 0.2) is 34.9 Å². The van der Waals surface area contributed by atoms with Crippen molar-refractivity contribution in [2.45, 2.75) is 19.8 Å². The summed E-state index contributed by atoms with van der Waals surface area (Å²) in [6.45, 7) is 2.69. The largest absolute Gasteiger partial charge is 0.361 e. The van der Waals surface area contributed by atoms with Crippen LogP contribution in [0.25, 0.3) is 0 Å². The van der Waals surface area contributed by atoms with Gasteiger partial charge in [-0.05, 0) is 31.2 Å². The molecule has 1 aromatic heterocycles. The zero-order valence-corrected chi connectivity index (χ0v) is 14.0. The van der Waals surface area contributed by atoms with Gasteiger partial charge in [-0.1, -0.05) is 16.8 Å². The van der Waals surface area contributed by atoms with Gasteiger partial charge in [-0.15, -0.1) is 0 Å². The number of anilines is 1. The Labute approximate surface area is 144 Å². The van der Waals surface area contributed by atoms with Gasteiger partial charge < -0.3 is 14.7 Å². The number of nitrogens with one attached hydrogen (secondary N) is 1. The summed E-state index contributed by atoms with van der Waals surface area (Å²) in [7, 11) is 0. The molecule has 0 bridgehead atoms. The molecule has 0 saturated carbocycles. The molecule has 126 valence electrons. The lowest BCUT2D eigenvalue weighted by Gasteiger charge is -2.16. The van der Waals surface area contributed by atoms with E-state index < -0.39 is 0 Å². The van der Waals surface area contributed by atoms with E-state index in [1.807, 2.05) is 13.0 Å². The zero-order valence-electron chi connectivity index (χ0n) is 13.3. The van der Waals surface area contributed by atoms with Gasteiger partial charge in [-0.3, -0.25) is 9.59 Å². The molecular formula is C17H18ClN3O3. The van der Waals surface area contributed by atoms with Gasteiger partial charge in [0, 0.05) is 42.7 Å². The van der Waals surface area contributed by atoms with Gasteiger partial charge >= 0.3 is 0 Å². The van der Waals surface area contributed by atoms with E-state index in [2.05, 4.69) is 10.5 Å². The Kier molecular flexibility index (Phi) is 4.85. The van der Waals surface area contributed by atoms with Crippen LogP contribution in [-0.4, -0.2) is 30.1 Å². The maximum atomic E-state index is 12.3. The Morgan fingerprint density at radius 3 is 2.83 bits per heavy atom. The molecule has 1 aromatic carbocycles. The van der Waals surface area contributed by atoms with Crippen molar-refractivity contribution in [3.05, 3.63) is 46.8 Å². The first-order valence-corrected chi connectivity index (χ1v) is 8.16. The average Bonchev–Trinajstić information content (AvgIpc) is 3.14. The number of hydrogen-bond acceptors (Lipinski definition) is 4. The van der Waals surface area contributed by atoms with E-state index in [1.54, 1.807) is 29.2 Å². The first kappa shape index (κ1) is 16.5. The fourth-order valence-electron chi connectivity index (χ4n) is 2.74. The summed E-state index contributed by atoms with van der Waals surface area (Å²) in [4.78, 5) is 26.0. The first-order valence-electron chi connectivity index (χ1n) is 7.79. The van der Waals surface area contributed by atoms with Crippen LogP contribution in [0.4, 0.5) is 5.69 Å². The Hall–Kier alpha value is -2.34. The molecule has 2 aromatic rings. The SMILES string of the molecule is Cc1cc(CCNC(=O)[C@H]2CC(=O)N(c3ccc(Cl)cc3)C2)on1. The fourth-order valence-corrected chi connectivity index (χ4v) is 2.87. The summed E-state index contributed by atoms with van der Waals surface area (Å²) in [5, 5.41) is 7.27. The van der Waals surface area contributed by atoms with Gasteiger partial charge in [-0.25, -0.2) is 0 Å². The van der Waals surface area contributed by atoms with Crippen molar-refractivity contribution in [3.8, 4) is 0 Å². The Morgan fingerprint density at radius 2 is 2.17 bits per heavy atom. The zero-order chi connectivity index (χ0) is 17.1. The molecule has 24 heavy (non-hydrogen) atoms. The number of hydrogen-bond donors (Lipinski definition) is 1. The second-order valence-electron chi connectivity index (χ2n) is 5.86. The first-order chi connectivity index (χ1) is 11.5. The number of nitrogens with zero attached hydrogens (tertiary/aromatic N) is 2. The van der Waals surface area contributed by atoms with Crippen molar-refractivity contribution in [1.29, 1.82) is 0 Å². The molecular weight excluding hydrogens is 330 g/mol. The van der Waals surface area contributed by atoms with E-state index in [0.29, 0.717) is 24.5 Å². The molecule has 2 amide bonds. The second kappa shape index (κ2) is 7.05. The molecule has 0 unspecified atom stereocenters. The Balaban J connectivity index is 1.53. The van der Waals surface area contributed by atoms with Crippen molar-refractivity contribution in [2.75, 3.05) is 18.0 Å². The highest BCUT2D eigenvalue weighted by Gasteiger charge is 2.34. The van der Waals surface area contributed by atoms with Crippen LogP contribution < -0.4 is 10.2 Å². The maximum Gasteiger partial charge on any atom is 0.227 e. The number of carbonyl (C=O) groups is 2. The van der Waals surface area contributed by atoms with E-state index in [-0.39, 0.29) is 24.2 Å². The Bertz CT molecular complexity index is 742. The van der Waals surface area contributed by atoms with Crippen molar-refractivity contribution in [3.63, 3.8) is 0 Å². The van der Waals surface area contributed by atoms with E-state index >= 15 is 0 Å². The maximum absolute atomic E-state index is 12.3. The molecule has 0 aliphatic carbocycles. The standard InChI is InChI=1S/C17H18ClN3O3/c1-11-8-15(24-20-11)6-7-19-17(23)12-9-16(22)21(10-12)14-4-2-13(18)3-5-14/h2-5,8,12H,6-7,9-10H2,1H3,(H,19,23)/t12-/m0/s1. The third-order valence-corrected chi connectivity index (χ3v) is 4.23. The van der Waals surface area contributed by atoms with Crippen LogP contribution in [0, 0.1) is 12.8 Å². The van der Waals surface area contributed by atoms with Crippen LogP contribution in [0.2, 0.25) is 5.02 Å². The van der Waals surface area contributed by atoms with E-state index in [4.69, 9.17) is 16.1 Å². The molecule has 1 fully saturated rings. The van der Waals surface area contributed by atoms with Crippen LogP contribution >= 0.6 is 11.6 Å². The third-order valence-electron chi connectivity index (χ3n) is 3.98. The molecule has 0 spiro atoms. The summed E-state index contributed by atoms with van der Waals surface area (Å²) in [5.74, 6) is 0.224. The van der Waals surface area contributed by atoms with Gasteiger partial charge in [0.1, 0.15) is 5.76 Å². The number of aromatic nitrogens is 1. The average molecular weight is 348 g/mol. The number of rotatable bonds is 5. The van der Waals surface area contributed by atoms with Gasteiger partial charge in [0.05, 0.1) is 11.6 Å². The molecule has 0 radical (unpaired) electrons. The predicted octanol–water partition coefficient (Wildman–Crippen LogP) is 2.35. The molecule has 1 atom stereocenters. The molecule has 1 saturated heterocycles. The van der Waals surface area contributed by atoms with Gasteiger partial charge in [0.15, 0.2) is 0 Å².